The standard InChI is InChI=1S/C24H30O3/c1-2-3-4-5-6-7-18-26-22-14-10-19(11-15-22)20-12-16-23(17-13-20)27-24(25)21-8-9-21/h10-17,21H,2-9,18H2,1H3. The average molecular weight is 367 g/mol. The summed E-state index contributed by atoms with van der Waals surface area (Å²) in [6.07, 6.45) is 9.56. The topological polar surface area (TPSA) is 35.5 Å². The van der Waals surface area contributed by atoms with Crippen LogP contribution in [0.4, 0.5) is 0 Å². The van der Waals surface area contributed by atoms with Crippen molar-refractivity contribution < 1.29 is 14.3 Å². The van der Waals surface area contributed by atoms with Gasteiger partial charge >= 0.3 is 5.97 Å². The lowest BCUT2D eigenvalue weighted by Gasteiger charge is -2.08. The molecule has 3 heteroatoms. The van der Waals surface area contributed by atoms with E-state index in [2.05, 4.69) is 19.1 Å². The first kappa shape index (κ1) is 19.5. The normalized spacial score (nSPS) is 13.4. The van der Waals surface area contributed by atoms with Crippen LogP contribution in [0.2, 0.25) is 0 Å². The van der Waals surface area contributed by atoms with Crippen molar-refractivity contribution in [3.8, 4) is 22.6 Å². The molecule has 1 aliphatic carbocycles. The van der Waals surface area contributed by atoms with Crippen LogP contribution in [0.5, 0.6) is 11.5 Å². The minimum atomic E-state index is -0.102. The molecule has 2 aromatic rings. The van der Waals surface area contributed by atoms with Crippen molar-refractivity contribution in [2.45, 2.75) is 58.3 Å². The van der Waals surface area contributed by atoms with Gasteiger partial charge in [-0.2, -0.15) is 0 Å². The van der Waals surface area contributed by atoms with Crippen LogP contribution in [-0.4, -0.2) is 12.6 Å². The van der Waals surface area contributed by atoms with Crippen molar-refractivity contribution >= 4 is 5.97 Å². The number of hydrogen-bond acceptors (Lipinski definition) is 3. The zero-order valence-electron chi connectivity index (χ0n) is 16.3. The maximum atomic E-state index is 11.7. The summed E-state index contributed by atoms with van der Waals surface area (Å²) in [5.41, 5.74) is 2.23. The Balaban J connectivity index is 1.43. The molecule has 0 saturated heterocycles. The third kappa shape index (κ3) is 6.42. The van der Waals surface area contributed by atoms with Gasteiger partial charge in [-0.05, 0) is 54.7 Å². The van der Waals surface area contributed by atoms with Gasteiger partial charge in [-0.15, -0.1) is 0 Å². The second kappa shape index (κ2) is 10.1. The Hall–Kier alpha value is -2.29. The van der Waals surface area contributed by atoms with Gasteiger partial charge in [-0.25, -0.2) is 0 Å². The molecule has 0 bridgehead atoms. The SMILES string of the molecule is CCCCCCCCOc1ccc(-c2ccc(OC(=O)C3CC3)cc2)cc1. The lowest BCUT2D eigenvalue weighted by atomic mass is 10.1. The van der Waals surface area contributed by atoms with Gasteiger partial charge in [0.15, 0.2) is 0 Å². The maximum absolute atomic E-state index is 11.7. The molecule has 1 aliphatic rings. The first-order valence-electron chi connectivity index (χ1n) is 10.3. The molecular formula is C24H30O3. The minimum absolute atomic E-state index is 0.102. The van der Waals surface area contributed by atoms with E-state index in [1.807, 2.05) is 36.4 Å². The number of rotatable bonds is 11. The zero-order chi connectivity index (χ0) is 18.9. The van der Waals surface area contributed by atoms with Gasteiger partial charge in [0.25, 0.3) is 0 Å². The number of benzene rings is 2. The molecule has 144 valence electrons. The molecule has 1 saturated carbocycles. The molecule has 0 amide bonds. The highest BCUT2D eigenvalue weighted by Crippen LogP contribution is 2.31. The second-order valence-electron chi connectivity index (χ2n) is 7.36. The Labute approximate surface area is 162 Å². The third-order valence-electron chi connectivity index (χ3n) is 4.94. The van der Waals surface area contributed by atoms with E-state index < -0.39 is 0 Å². The lowest BCUT2D eigenvalue weighted by molar-refractivity contribution is -0.135. The molecule has 3 rings (SSSR count). The first-order valence-corrected chi connectivity index (χ1v) is 10.3. The van der Waals surface area contributed by atoms with E-state index in [1.54, 1.807) is 0 Å². The fourth-order valence-electron chi connectivity index (χ4n) is 3.05. The van der Waals surface area contributed by atoms with E-state index >= 15 is 0 Å². The van der Waals surface area contributed by atoms with Crippen LogP contribution >= 0.6 is 0 Å². The van der Waals surface area contributed by atoms with E-state index in [1.165, 1.54) is 32.1 Å². The fraction of sp³-hybridized carbons (Fsp3) is 0.458. The van der Waals surface area contributed by atoms with Gasteiger partial charge in [0, 0.05) is 0 Å². The molecule has 0 aliphatic heterocycles. The van der Waals surface area contributed by atoms with Gasteiger partial charge in [0.1, 0.15) is 11.5 Å². The average Bonchev–Trinajstić information content (AvgIpc) is 3.54. The molecule has 0 unspecified atom stereocenters. The van der Waals surface area contributed by atoms with E-state index in [0.29, 0.717) is 5.75 Å². The summed E-state index contributed by atoms with van der Waals surface area (Å²) >= 11 is 0. The van der Waals surface area contributed by atoms with Crippen LogP contribution in [0.3, 0.4) is 0 Å². The highest BCUT2D eigenvalue weighted by atomic mass is 16.5. The summed E-state index contributed by atoms with van der Waals surface area (Å²) in [5.74, 6) is 1.56. The van der Waals surface area contributed by atoms with Gasteiger partial charge < -0.3 is 9.47 Å². The van der Waals surface area contributed by atoms with Crippen LogP contribution in [0.25, 0.3) is 11.1 Å². The van der Waals surface area contributed by atoms with Crippen molar-refractivity contribution in [1.29, 1.82) is 0 Å². The summed E-state index contributed by atoms with van der Waals surface area (Å²) in [4.78, 5) is 11.7. The quantitative estimate of drug-likeness (QED) is 0.262. The van der Waals surface area contributed by atoms with Crippen LogP contribution in [0.1, 0.15) is 58.3 Å². The first-order chi connectivity index (χ1) is 13.3. The summed E-state index contributed by atoms with van der Waals surface area (Å²) in [6.45, 7) is 3.03. The second-order valence-corrected chi connectivity index (χ2v) is 7.36. The van der Waals surface area contributed by atoms with E-state index in [9.17, 15) is 4.79 Å². The number of hydrogen-bond donors (Lipinski definition) is 0. The molecule has 0 spiro atoms. The van der Waals surface area contributed by atoms with E-state index in [-0.39, 0.29) is 11.9 Å². The van der Waals surface area contributed by atoms with Crippen LogP contribution in [0.15, 0.2) is 48.5 Å². The number of unbranched alkanes of at least 4 members (excludes halogenated alkanes) is 5. The Morgan fingerprint density at radius 2 is 1.37 bits per heavy atom. The highest BCUT2D eigenvalue weighted by molar-refractivity contribution is 5.77. The Morgan fingerprint density at radius 3 is 1.96 bits per heavy atom. The van der Waals surface area contributed by atoms with Crippen LogP contribution in [0, 0.1) is 5.92 Å². The summed E-state index contributed by atoms with van der Waals surface area (Å²) in [5, 5.41) is 0. The predicted molar refractivity (Wildman–Crippen MR) is 109 cm³/mol. The number of carbonyl (C=O) groups excluding carboxylic acids is 1. The highest BCUT2D eigenvalue weighted by Gasteiger charge is 2.31. The van der Waals surface area contributed by atoms with Gasteiger partial charge in [-0.1, -0.05) is 63.3 Å². The minimum Gasteiger partial charge on any atom is -0.494 e. The number of carbonyl (C=O) groups is 1. The molecule has 2 aromatic carbocycles. The van der Waals surface area contributed by atoms with Crippen molar-refractivity contribution in [3.05, 3.63) is 48.5 Å². The predicted octanol–water partition coefficient (Wildman–Crippen LogP) is 6.41. The van der Waals surface area contributed by atoms with Crippen molar-refractivity contribution in [2.24, 2.45) is 5.92 Å². The third-order valence-corrected chi connectivity index (χ3v) is 4.94. The molecule has 0 heterocycles. The smallest absolute Gasteiger partial charge is 0.314 e. The molecule has 27 heavy (non-hydrogen) atoms. The molecule has 0 radical (unpaired) electrons. The summed E-state index contributed by atoms with van der Waals surface area (Å²) in [6, 6.07) is 15.9. The number of esters is 1. The van der Waals surface area contributed by atoms with Gasteiger partial charge in [0.2, 0.25) is 0 Å². The van der Waals surface area contributed by atoms with Crippen LogP contribution in [-0.2, 0) is 4.79 Å². The van der Waals surface area contributed by atoms with Crippen LogP contribution < -0.4 is 9.47 Å². The monoisotopic (exact) mass is 366 g/mol. The maximum Gasteiger partial charge on any atom is 0.314 e. The summed E-state index contributed by atoms with van der Waals surface area (Å²) < 4.78 is 11.2. The molecule has 3 nitrogen and oxygen atoms in total. The van der Waals surface area contributed by atoms with Crippen molar-refractivity contribution in [2.75, 3.05) is 6.61 Å². The molecule has 0 aromatic heterocycles. The van der Waals surface area contributed by atoms with Crippen molar-refractivity contribution in [1.82, 2.24) is 0 Å². The molecule has 1 fully saturated rings. The van der Waals surface area contributed by atoms with Crippen molar-refractivity contribution in [3.63, 3.8) is 0 Å². The number of ether oxygens (including phenoxy) is 2. The molecular weight excluding hydrogens is 336 g/mol. The fourth-order valence-corrected chi connectivity index (χ4v) is 3.05. The zero-order valence-corrected chi connectivity index (χ0v) is 16.3. The van der Waals surface area contributed by atoms with Gasteiger partial charge in [-0.3, -0.25) is 4.79 Å². The molecule has 0 atom stereocenters. The largest absolute Gasteiger partial charge is 0.494 e. The Bertz CT molecular complexity index is 699. The van der Waals surface area contributed by atoms with Gasteiger partial charge in [0.05, 0.1) is 12.5 Å². The lowest BCUT2D eigenvalue weighted by Crippen LogP contribution is -2.09. The summed E-state index contributed by atoms with van der Waals surface area (Å²) in [7, 11) is 0. The van der Waals surface area contributed by atoms with E-state index in [4.69, 9.17) is 9.47 Å². The molecule has 0 N–H and O–H groups in total. The Kier molecular flexibility index (Phi) is 7.32. The van der Waals surface area contributed by atoms with E-state index in [0.717, 1.165) is 42.7 Å². The Morgan fingerprint density at radius 1 is 0.815 bits per heavy atom.